The summed E-state index contributed by atoms with van der Waals surface area (Å²) in [5.74, 6) is 0.0467. The standard InChI is InChI=1S/C11H13N3O3S/c1-11(2,4-9(15)16)3-8-13-14-10(17-8)7-5-12-6-18-7/h5-6H,3-4H2,1-2H3,(H,15,16). The van der Waals surface area contributed by atoms with Crippen LogP contribution in [0.2, 0.25) is 0 Å². The van der Waals surface area contributed by atoms with E-state index >= 15 is 0 Å². The van der Waals surface area contributed by atoms with E-state index in [9.17, 15) is 4.79 Å². The average molecular weight is 267 g/mol. The number of hydrogen-bond donors (Lipinski definition) is 1. The highest BCUT2D eigenvalue weighted by molar-refractivity contribution is 7.13. The number of aliphatic carboxylic acids is 1. The molecule has 2 aromatic heterocycles. The van der Waals surface area contributed by atoms with Crippen LogP contribution in [0.3, 0.4) is 0 Å². The smallest absolute Gasteiger partial charge is 0.303 e. The van der Waals surface area contributed by atoms with E-state index in [1.807, 2.05) is 13.8 Å². The first kappa shape index (κ1) is 12.7. The van der Waals surface area contributed by atoms with Crippen LogP contribution in [0.25, 0.3) is 10.8 Å². The van der Waals surface area contributed by atoms with E-state index in [1.165, 1.54) is 11.3 Å². The summed E-state index contributed by atoms with van der Waals surface area (Å²) < 4.78 is 5.50. The normalized spacial score (nSPS) is 11.7. The van der Waals surface area contributed by atoms with Gasteiger partial charge in [0, 0.05) is 6.42 Å². The van der Waals surface area contributed by atoms with Crippen molar-refractivity contribution >= 4 is 17.3 Å². The second-order valence-corrected chi connectivity index (χ2v) is 5.66. The highest BCUT2D eigenvalue weighted by Crippen LogP contribution is 2.27. The van der Waals surface area contributed by atoms with Crippen molar-refractivity contribution in [1.82, 2.24) is 15.2 Å². The van der Waals surface area contributed by atoms with Crippen LogP contribution >= 0.6 is 11.3 Å². The van der Waals surface area contributed by atoms with Gasteiger partial charge in [-0.15, -0.1) is 21.5 Å². The van der Waals surface area contributed by atoms with Crippen LogP contribution in [0, 0.1) is 5.41 Å². The van der Waals surface area contributed by atoms with Crippen LogP contribution in [0.4, 0.5) is 0 Å². The summed E-state index contributed by atoms with van der Waals surface area (Å²) in [5.41, 5.74) is 1.27. The quantitative estimate of drug-likeness (QED) is 0.893. The maximum Gasteiger partial charge on any atom is 0.303 e. The van der Waals surface area contributed by atoms with E-state index in [0.29, 0.717) is 18.2 Å². The van der Waals surface area contributed by atoms with Crippen molar-refractivity contribution in [3.63, 3.8) is 0 Å². The lowest BCUT2D eigenvalue weighted by molar-refractivity contribution is -0.139. The molecule has 0 amide bonds. The number of thiazole rings is 1. The Bertz CT molecular complexity index is 533. The van der Waals surface area contributed by atoms with Crippen LogP contribution in [-0.4, -0.2) is 26.3 Å². The second kappa shape index (κ2) is 4.85. The van der Waals surface area contributed by atoms with Gasteiger partial charge in [0.1, 0.15) is 4.88 Å². The topological polar surface area (TPSA) is 89.1 Å². The Morgan fingerprint density at radius 2 is 2.28 bits per heavy atom. The predicted octanol–water partition coefficient (Wildman–Crippen LogP) is 2.24. The zero-order chi connectivity index (χ0) is 13.2. The largest absolute Gasteiger partial charge is 0.481 e. The van der Waals surface area contributed by atoms with Crippen LogP contribution in [0.15, 0.2) is 16.1 Å². The van der Waals surface area contributed by atoms with Gasteiger partial charge >= 0.3 is 5.97 Å². The third kappa shape index (κ3) is 3.13. The van der Waals surface area contributed by atoms with Gasteiger partial charge in [-0.2, -0.15) is 0 Å². The lowest BCUT2D eigenvalue weighted by atomic mass is 9.86. The Morgan fingerprint density at radius 1 is 1.50 bits per heavy atom. The fraction of sp³-hybridized carbons (Fsp3) is 0.455. The fourth-order valence-corrected chi connectivity index (χ4v) is 2.17. The Labute approximate surface area is 108 Å². The average Bonchev–Trinajstić information content (AvgIpc) is 2.82. The SMILES string of the molecule is CC(C)(CC(=O)O)Cc1nnc(-c2cncs2)o1. The maximum atomic E-state index is 10.7. The summed E-state index contributed by atoms with van der Waals surface area (Å²) in [6.45, 7) is 3.72. The summed E-state index contributed by atoms with van der Waals surface area (Å²) in [5, 5.41) is 16.7. The molecule has 2 heterocycles. The molecular weight excluding hydrogens is 254 g/mol. The van der Waals surface area contributed by atoms with Gasteiger partial charge in [-0.1, -0.05) is 13.8 Å². The molecule has 0 fully saturated rings. The first-order valence-electron chi connectivity index (χ1n) is 5.39. The molecular formula is C11H13N3O3S. The third-order valence-corrected chi connectivity index (χ3v) is 3.13. The minimum atomic E-state index is -0.831. The van der Waals surface area contributed by atoms with Crippen LogP contribution in [0.5, 0.6) is 0 Å². The first-order valence-corrected chi connectivity index (χ1v) is 6.27. The molecule has 0 saturated carbocycles. The number of nitrogens with zero attached hydrogens (tertiary/aromatic N) is 3. The highest BCUT2D eigenvalue weighted by Gasteiger charge is 2.25. The number of aromatic nitrogens is 3. The molecule has 0 spiro atoms. The summed E-state index contributed by atoms with van der Waals surface area (Å²) in [6, 6.07) is 0. The molecule has 1 N–H and O–H groups in total. The Hall–Kier alpha value is -1.76. The minimum Gasteiger partial charge on any atom is -0.481 e. The van der Waals surface area contributed by atoms with E-state index < -0.39 is 11.4 Å². The molecule has 6 nitrogen and oxygen atoms in total. The molecule has 0 atom stereocenters. The number of carboxylic acid groups (broad SMARTS) is 1. The van der Waals surface area contributed by atoms with Crippen molar-refractivity contribution in [3.05, 3.63) is 17.6 Å². The molecule has 0 aliphatic carbocycles. The molecule has 7 heteroatoms. The number of carboxylic acids is 1. The highest BCUT2D eigenvalue weighted by atomic mass is 32.1. The molecule has 0 aliphatic heterocycles. The van der Waals surface area contributed by atoms with Gasteiger partial charge in [0.05, 0.1) is 18.1 Å². The molecule has 0 aromatic carbocycles. The molecule has 2 aromatic rings. The summed E-state index contributed by atoms with van der Waals surface area (Å²) in [6.07, 6.45) is 2.15. The molecule has 96 valence electrons. The Balaban J connectivity index is 2.09. The molecule has 0 bridgehead atoms. The fourth-order valence-electron chi connectivity index (χ4n) is 1.63. The van der Waals surface area contributed by atoms with Gasteiger partial charge in [-0.25, -0.2) is 0 Å². The molecule has 0 radical (unpaired) electrons. The number of carbonyl (C=O) groups is 1. The first-order chi connectivity index (χ1) is 8.46. The van der Waals surface area contributed by atoms with Gasteiger partial charge in [-0.3, -0.25) is 9.78 Å². The van der Waals surface area contributed by atoms with Crippen LogP contribution in [0.1, 0.15) is 26.2 Å². The predicted molar refractivity (Wildman–Crippen MR) is 65.1 cm³/mol. The van der Waals surface area contributed by atoms with E-state index in [4.69, 9.17) is 9.52 Å². The van der Waals surface area contributed by atoms with Gasteiger partial charge < -0.3 is 9.52 Å². The van der Waals surface area contributed by atoms with E-state index in [1.54, 1.807) is 11.7 Å². The summed E-state index contributed by atoms with van der Waals surface area (Å²) in [7, 11) is 0. The van der Waals surface area contributed by atoms with Crippen molar-refractivity contribution in [3.8, 4) is 10.8 Å². The second-order valence-electron chi connectivity index (χ2n) is 4.78. The van der Waals surface area contributed by atoms with Gasteiger partial charge in [0.15, 0.2) is 0 Å². The molecule has 2 rings (SSSR count). The third-order valence-electron chi connectivity index (χ3n) is 2.37. The molecule has 0 saturated heterocycles. The zero-order valence-electron chi connectivity index (χ0n) is 10.1. The van der Waals surface area contributed by atoms with Gasteiger partial charge in [0.25, 0.3) is 5.89 Å². The van der Waals surface area contributed by atoms with Gasteiger partial charge in [-0.05, 0) is 5.41 Å². The Kier molecular flexibility index (Phi) is 3.42. The van der Waals surface area contributed by atoms with Gasteiger partial charge in [0.2, 0.25) is 5.89 Å². The molecule has 18 heavy (non-hydrogen) atoms. The lowest BCUT2D eigenvalue weighted by Crippen LogP contribution is -2.19. The van der Waals surface area contributed by atoms with Crippen LogP contribution < -0.4 is 0 Å². The van der Waals surface area contributed by atoms with Crippen molar-refractivity contribution < 1.29 is 14.3 Å². The van der Waals surface area contributed by atoms with Crippen molar-refractivity contribution in [1.29, 1.82) is 0 Å². The summed E-state index contributed by atoms with van der Waals surface area (Å²) >= 11 is 1.42. The van der Waals surface area contributed by atoms with Crippen molar-refractivity contribution in [2.75, 3.05) is 0 Å². The maximum absolute atomic E-state index is 10.7. The van der Waals surface area contributed by atoms with Crippen molar-refractivity contribution in [2.24, 2.45) is 5.41 Å². The zero-order valence-corrected chi connectivity index (χ0v) is 10.9. The number of rotatable bonds is 5. The lowest BCUT2D eigenvalue weighted by Gasteiger charge is -2.19. The minimum absolute atomic E-state index is 0.0608. The van der Waals surface area contributed by atoms with Crippen LogP contribution in [-0.2, 0) is 11.2 Å². The monoisotopic (exact) mass is 267 g/mol. The van der Waals surface area contributed by atoms with E-state index in [0.717, 1.165) is 4.88 Å². The Morgan fingerprint density at radius 3 is 2.89 bits per heavy atom. The van der Waals surface area contributed by atoms with E-state index in [2.05, 4.69) is 15.2 Å². The van der Waals surface area contributed by atoms with Crippen molar-refractivity contribution in [2.45, 2.75) is 26.7 Å². The number of hydrogen-bond acceptors (Lipinski definition) is 6. The molecule has 0 unspecified atom stereocenters. The van der Waals surface area contributed by atoms with E-state index in [-0.39, 0.29) is 6.42 Å². The molecule has 0 aliphatic rings. The summed E-state index contributed by atoms with van der Waals surface area (Å²) in [4.78, 5) is 15.5.